The Morgan fingerprint density at radius 3 is 2.39 bits per heavy atom. The van der Waals surface area contributed by atoms with E-state index in [-0.39, 0.29) is 5.57 Å². The second-order valence-corrected chi connectivity index (χ2v) is 7.57. The summed E-state index contributed by atoms with van der Waals surface area (Å²) in [7, 11) is 0. The van der Waals surface area contributed by atoms with Crippen molar-refractivity contribution in [2.45, 2.75) is 19.3 Å². The quantitative estimate of drug-likeness (QED) is 0.577. The average molecular weight is 444 g/mol. The van der Waals surface area contributed by atoms with Crippen LogP contribution in [0.25, 0.3) is 6.08 Å². The number of furan rings is 1. The maximum Gasteiger partial charge on any atom is 0.335 e. The third kappa shape index (κ3) is 3.60. The van der Waals surface area contributed by atoms with Gasteiger partial charge in [-0.15, -0.1) is 0 Å². The van der Waals surface area contributed by atoms with Crippen LogP contribution in [0.2, 0.25) is 0 Å². The number of barbiturate groups is 1. The van der Waals surface area contributed by atoms with Gasteiger partial charge in [0.25, 0.3) is 11.8 Å². The van der Waals surface area contributed by atoms with Gasteiger partial charge in [-0.25, -0.2) is 9.69 Å². The summed E-state index contributed by atoms with van der Waals surface area (Å²) in [4.78, 5) is 40.4. The molecule has 2 aliphatic rings. The summed E-state index contributed by atoms with van der Waals surface area (Å²) in [6.45, 7) is 1.85. The SMILES string of the molecule is O=C1NC(=O)N(c2ccc(Br)cc2)C(=O)/C1=C/c1ccc(N2CCCCC2)o1. The molecule has 4 rings (SSSR count). The number of imide groups is 2. The predicted molar refractivity (Wildman–Crippen MR) is 108 cm³/mol. The van der Waals surface area contributed by atoms with Crippen molar-refractivity contribution in [2.75, 3.05) is 22.9 Å². The van der Waals surface area contributed by atoms with E-state index in [4.69, 9.17) is 4.42 Å². The molecule has 0 spiro atoms. The smallest absolute Gasteiger partial charge is 0.335 e. The first-order valence-electron chi connectivity index (χ1n) is 9.05. The van der Waals surface area contributed by atoms with Gasteiger partial charge in [-0.2, -0.15) is 0 Å². The molecule has 0 bridgehead atoms. The number of hydrogen-bond acceptors (Lipinski definition) is 5. The molecule has 2 aromatic rings. The summed E-state index contributed by atoms with van der Waals surface area (Å²) < 4.78 is 6.63. The van der Waals surface area contributed by atoms with Crippen LogP contribution in [0, 0.1) is 0 Å². The molecule has 0 atom stereocenters. The highest BCUT2D eigenvalue weighted by atomic mass is 79.9. The highest BCUT2D eigenvalue weighted by Crippen LogP contribution is 2.26. The fourth-order valence-corrected chi connectivity index (χ4v) is 3.59. The van der Waals surface area contributed by atoms with Crippen LogP contribution in [0.15, 0.2) is 50.9 Å². The summed E-state index contributed by atoms with van der Waals surface area (Å²) in [5.74, 6) is -0.313. The zero-order valence-electron chi connectivity index (χ0n) is 15.0. The van der Waals surface area contributed by atoms with Gasteiger partial charge in [-0.3, -0.25) is 14.9 Å². The van der Waals surface area contributed by atoms with Crippen LogP contribution >= 0.6 is 15.9 Å². The molecule has 0 unspecified atom stereocenters. The summed E-state index contributed by atoms with van der Waals surface area (Å²) >= 11 is 3.31. The molecule has 0 saturated carbocycles. The molecule has 2 saturated heterocycles. The molecule has 144 valence electrons. The third-order valence-corrected chi connectivity index (χ3v) is 5.28. The minimum absolute atomic E-state index is 0.151. The van der Waals surface area contributed by atoms with Crippen LogP contribution in [-0.2, 0) is 9.59 Å². The first-order chi connectivity index (χ1) is 13.5. The van der Waals surface area contributed by atoms with E-state index in [2.05, 4.69) is 26.1 Å². The Kier molecular flexibility index (Phi) is 5.04. The Bertz CT molecular complexity index is 958. The molecule has 3 heterocycles. The van der Waals surface area contributed by atoms with Gasteiger partial charge < -0.3 is 9.32 Å². The van der Waals surface area contributed by atoms with Crippen molar-refractivity contribution in [2.24, 2.45) is 0 Å². The zero-order valence-corrected chi connectivity index (χ0v) is 16.6. The molecule has 1 aromatic carbocycles. The number of urea groups is 1. The standard InChI is InChI=1S/C20H18BrN3O4/c21-13-4-6-14(7-5-13)24-19(26)16(18(25)22-20(24)27)12-15-8-9-17(28-15)23-10-2-1-3-11-23/h4-9,12H,1-3,10-11H2,(H,22,25,27)/b16-12+. The fourth-order valence-electron chi connectivity index (χ4n) is 3.33. The summed E-state index contributed by atoms with van der Waals surface area (Å²) in [6, 6.07) is 9.45. The third-order valence-electron chi connectivity index (χ3n) is 4.75. The minimum atomic E-state index is -0.775. The Labute approximate surface area is 170 Å². The number of halogens is 1. The molecule has 1 N–H and O–H groups in total. The van der Waals surface area contributed by atoms with E-state index < -0.39 is 17.8 Å². The van der Waals surface area contributed by atoms with Gasteiger partial charge in [0.1, 0.15) is 11.3 Å². The second-order valence-electron chi connectivity index (χ2n) is 6.66. The normalized spacial score (nSPS) is 19.3. The van der Waals surface area contributed by atoms with Crippen LogP contribution in [0.1, 0.15) is 25.0 Å². The number of benzene rings is 1. The van der Waals surface area contributed by atoms with Crippen LogP contribution in [0.3, 0.4) is 0 Å². The van der Waals surface area contributed by atoms with Gasteiger partial charge in [0.15, 0.2) is 5.88 Å². The average Bonchev–Trinajstić information content (AvgIpc) is 3.16. The molecule has 7 nitrogen and oxygen atoms in total. The van der Waals surface area contributed by atoms with Crippen molar-refractivity contribution in [3.8, 4) is 0 Å². The van der Waals surface area contributed by atoms with E-state index in [1.807, 2.05) is 6.07 Å². The Morgan fingerprint density at radius 2 is 1.68 bits per heavy atom. The molecule has 0 radical (unpaired) electrons. The van der Waals surface area contributed by atoms with Gasteiger partial charge in [0.05, 0.1) is 5.69 Å². The molecule has 4 amide bonds. The zero-order chi connectivity index (χ0) is 19.7. The predicted octanol–water partition coefficient (Wildman–Crippen LogP) is 3.70. The van der Waals surface area contributed by atoms with Crippen molar-refractivity contribution >= 4 is 51.4 Å². The van der Waals surface area contributed by atoms with E-state index in [1.165, 1.54) is 12.5 Å². The van der Waals surface area contributed by atoms with E-state index in [1.54, 1.807) is 30.3 Å². The lowest BCUT2D eigenvalue weighted by molar-refractivity contribution is -0.122. The van der Waals surface area contributed by atoms with E-state index in [9.17, 15) is 14.4 Å². The number of piperidine rings is 1. The monoisotopic (exact) mass is 443 g/mol. The number of anilines is 2. The second kappa shape index (κ2) is 7.63. The van der Waals surface area contributed by atoms with Crippen LogP contribution in [-0.4, -0.2) is 30.9 Å². The Balaban J connectivity index is 1.61. The number of carbonyl (C=O) groups is 3. The molecular formula is C20H18BrN3O4. The molecule has 2 aliphatic heterocycles. The first-order valence-corrected chi connectivity index (χ1v) is 9.84. The number of amides is 4. The summed E-state index contributed by atoms with van der Waals surface area (Å²) in [5, 5.41) is 2.21. The highest BCUT2D eigenvalue weighted by Gasteiger charge is 2.37. The van der Waals surface area contributed by atoms with Crippen LogP contribution in [0.5, 0.6) is 0 Å². The Hall–Kier alpha value is -2.87. The minimum Gasteiger partial charge on any atom is -0.441 e. The fraction of sp³-hybridized carbons (Fsp3) is 0.250. The van der Waals surface area contributed by atoms with E-state index >= 15 is 0 Å². The molecule has 8 heteroatoms. The number of nitrogens with zero attached hydrogens (tertiary/aromatic N) is 2. The van der Waals surface area contributed by atoms with Crippen molar-refractivity contribution in [3.05, 3.63) is 52.2 Å². The van der Waals surface area contributed by atoms with Crippen molar-refractivity contribution in [1.82, 2.24) is 5.32 Å². The van der Waals surface area contributed by atoms with Crippen molar-refractivity contribution in [3.63, 3.8) is 0 Å². The lowest BCUT2D eigenvalue weighted by atomic mass is 10.1. The number of carbonyl (C=O) groups excluding carboxylic acids is 3. The van der Waals surface area contributed by atoms with E-state index in [0.29, 0.717) is 11.4 Å². The van der Waals surface area contributed by atoms with Gasteiger partial charge >= 0.3 is 6.03 Å². The van der Waals surface area contributed by atoms with Crippen molar-refractivity contribution < 1.29 is 18.8 Å². The highest BCUT2D eigenvalue weighted by molar-refractivity contribution is 9.10. The van der Waals surface area contributed by atoms with Gasteiger partial charge in [-0.1, -0.05) is 15.9 Å². The maximum absolute atomic E-state index is 12.9. The number of nitrogens with one attached hydrogen (secondary N) is 1. The summed E-state index contributed by atoms with van der Waals surface area (Å²) in [5.41, 5.74) is 0.222. The molecule has 0 aliphatic carbocycles. The lowest BCUT2D eigenvalue weighted by Gasteiger charge is -2.26. The largest absolute Gasteiger partial charge is 0.441 e. The van der Waals surface area contributed by atoms with E-state index in [0.717, 1.165) is 41.2 Å². The molecule has 2 fully saturated rings. The molecular weight excluding hydrogens is 426 g/mol. The topological polar surface area (TPSA) is 82.9 Å². The Morgan fingerprint density at radius 1 is 0.964 bits per heavy atom. The van der Waals surface area contributed by atoms with Gasteiger partial charge in [0, 0.05) is 23.6 Å². The number of rotatable bonds is 3. The molecule has 1 aromatic heterocycles. The van der Waals surface area contributed by atoms with Crippen LogP contribution < -0.4 is 15.1 Å². The van der Waals surface area contributed by atoms with Gasteiger partial charge in [-0.05, 0) is 55.7 Å². The number of hydrogen-bond donors (Lipinski definition) is 1. The first kappa shape index (κ1) is 18.5. The van der Waals surface area contributed by atoms with Crippen molar-refractivity contribution in [1.29, 1.82) is 0 Å². The maximum atomic E-state index is 12.9. The summed E-state index contributed by atoms with van der Waals surface area (Å²) in [6.07, 6.45) is 4.82. The van der Waals surface area contributed by atoms with Crippen LogP contribution in [0.4, 0.5) is 16.4 Å². The molecule has 28 heavy (non-hydrogen) atoms. The van der Waals surface area contributed by atoms with Gasteiger partial charge in [0.2, 0.25) is 0 Å². The lowest BCUT2D eigenvalue weighted by Crippen LogP contribution is -2.54.